The molecule has 10 nitrogen and oxygen atoms in total. The van der Waals surface area contributed by atoms with E-state index in [9.17, 15) is 14.5 Å². The lowest BCUT2D eigenvalue weighted by Gasteiger charge is -2.44. The maximum absolute atomic E-state index is 13.2. The van der Waals surface area contributed by atoms with Gasteiger partial charge in [-0.3, -0.25) is 4.79 Å². The predicted octanol–water partition coefficient (Wildman–Crippen LogP) is 4.00. The largest absolute Gasteiger partial charge is 0.598 e. The Morgan fingerprint density at radius 1 is 1.06 bits per heavy atom. The topological polar surface area (TPSA) is 117 Å². The Bertz CT molecular complexity index is 1650. The van der Waals surface area contributed by atoms with Crippen molar-refractivity contribution >= 4 is 28.8 Å². The van der Waals surface area contributed by atoms with Gasteiger partial charge in [-0.2, -0.15) is 0 Å². The summed E-state index contributed by atoms with van der Waals surface area (Å²) >= 11 is -1.19. The molecule has 1 aromatic heterocycles. The highest BCUT2D eigenvalue weighted by Gasteiger charge is 2.50. The third-order valence-electron chi connectivity index (χ3n) is 9.79. The lowest BCUT2D eigenvalue weighted by atomic mass is 9.73. The van der Waals surface area contributed by atoms with Gasteiger partial charge in [0.2, 0.25) is 5.91 Å². The van der Waals surface area contributed by atoms with E-state index in [1.807, 2.05) is 49.9 Å². The van der Waals surface area contributed by atoms with Gasteiger partial charge in [-0.25, -0.2) is 9.97 Å². The first kappa shape index (κ1) is 34.1. The zero-order valence-corrected chi connectivity index (χ0v) is 29.2. The summed E-state index contributed by atoms with van der Waals surface area (Å²) in [4.78, 5) is 27.3. The minimum Gasteiger partial charge on any atom is -0.598 e. The molecular weight excluding hydrogens is 625 g/mol. The lowest BCUT2D eigenvalue weighted by molar-refractivity contribution is -0.129. The molecule has 2 atom stereocenters. The number of amides is 1. The van der Waals surface area contributed by atoms with Crippen LogP contribution in [-0.4, -0.2) is 81.1 Å². The number of rotatable bonds is 7. The molecule has 2 aliphatic heterocycles. The highest BCUT2D eigenvalue weighted by molar-refractivity contribution is 7.90. The molecule has 3 aromatic rings. The van der Waals surface area contributed by atoms with E-state index in [0.717, 1.165) is 70.0 Å². The quantitative estimate of drug-likeness (QED) is 0.284. The van der Waals surface area contributed by atoms with Crippen LogP contribution in [0.4, 0.5) is 11.5 Å². The van der Waals surface area contributed by atoms with Gasteiger partial charge in [-0.05, 0) is 81.3 Å². The van der Waals surface area contributed by atoms with E-state index < -0.39 is 11.4 Å². The molecule has 6 rings (SSSR count). The zero-order chi connectivity index (χ0) is 33.9. The molecule has 2 unspecified atom stereocenters. The van der Waals surface area contributed by atoms with Crippen molar-refractivity contribution in [2.45, 2.75) is 64.4 Å². The SMILES string of the molecule is CC(=O)N1CCN(c2ccc(OCC#Cc3cnc(N4CCC5(CC4)Cc4ccccc4C5N[S+]([O-])C(C)(C)C)c(CO)n3)cc2)CC1. The molecule has 0 radical (unpaired) electrons. The smallest absolute Gasteiger partial charge is 0.219 e. The molecule has 0 saturated carbocycles. The summed E-state index contributed by atoms with van der Waals surface area (Å²) < 4.78 is 22.2. The second kappa shape index (κ2) is 14.3. The molecule has 2 N–H and O–H groups in total. The third kappa shape index (κ3) is 7.42. The van der Waals surface area contributed by atoms with Gasteiger partial charge in [-0.15, -0.1) is 4.72 Å². The number of nitrogens with zero attached hydrogens (tertiary/aromatic N) is 5. The Morgan fingerprint density at radius 3 is 2.44 bits per heavy atom. The highest BCUT2D eigenvalue weighted by atomic mass is 32.2. The number of piperidine rings is 1. The average Bonchev–Trinajstić information content (AvgIpc) is 3.38. The number of benzene rings is 2. The van der Waals surface area contributed by atoms with E-state index >= 15 is 0 Å². The van der Waals surface area contributed by atoms with Gasteiger partial charge in [-0.1, -0.05) is 30.2 Å². The third-order valence-corrected chi connectivity index (χ3v) is 11.3. The summed E-state index contributed by atoms with van der Waals surface area (Å²) in [5.74, 6) is 7.58. The molecular formula is C37H46N6O4S. The van der Waals surface area contributed by atoms with E-state index in [4.69, 9.17) is 9.72 Å². The molecule has 1 aliphatic carbocycles. The van der Waals surface area contributed by atoms with Gasteiger partial charge >= 0.3 is 0 Å². The van der Waals surface area contributed by atoms with Crippen LogP contribution in [0.2, 0.25) is 0 Å². The van der Waals surface area contributed by atoms with Crippen molar-refractivity contribution in [2.24, 2.45) is 5.41 Å². The number of hydrogen-bond acceptors (Lipinski definition) is 9. The number of carbonyl (C=O) groups is 1. The summed E-state index contributed by atoms with van der Waals surface area (Å²) in [5, 5.41) is 10.2. The zero-order valence-electron chi connectivity index (χ0n) is 28.4. The van der Waals surface area contributed by atoms with Crippen LogP contribution in [0.1, 0.15) is 69.1 Å². The van der Waals surface area contributed by atoms with Gasteiger partial charge in [0.1, 0.15) is 28.5 Å². The van der Waals surface area contributed by atoms with Crippen molar-refractivity contribution in [1.29, 1.82) is 0 Å². The number of anilines is 2. The molecule has 1 spiro atoms. The van der Waals surface area contributed by atoms with Crippen LogP contribution in [0.3, 0.4) is 0 Å². The molecule has 48 heavy (non-hydrogen) atoms. The predicted molar refractivity (Wildman–Crippen MR) is 189 cm³/mol. The molecule has 0 bridgehead atoms. The van der Waals surface area contributed by atoms with E-state index in [0.29, 0.717) is 17.2 Å². The van der Waals surface area contributed by atoms with Crippen molar-refractivity contribution in [3.05, 3.63) is 77.2 Å². The maximum Gasteiger partial charge on any atom is 0.219 e. The van der Waals surface area contributed by atoms with Gasteiger partial charge in [0, 0.05) is 68.7 Å². The first-order valence-electron chi connectivity index (χ1n) is 16.8. The van der Waals surface area contributed by atoms with E-state index in [2.05, 4.69) is 55.6 Å². The van der Waals surface area contributed by atoms with E-state index in [1.165, 1.54) is 11.1 Å². The number of aromatic nitrogens is 2. The van der Waals surface area contributed by atoms with Crippen molar-refractivity contribution in [3.8, 4) is 17.6 Å². The minimum absolute atomic E-state index is 0.0203. The maximum atomic E-state index is 13.2. The summed E-state index contributed by atoms with van der Waals surface area (Å²) in [6, 6.07) is 16.5. The van der Waals surface area contributed by atoms with Crippen molar-refractivity contribution in [2.75, 3.05) is 55.7 Å². The van der Waals surface area contributed by atoms with Gasteiger partial charge < -0.3 is 29.1 Å². The van der Waals surface area contributed by atoms with Crippen molar-refractivity contribution < 1.29 is 19.2 Å². The number of aliphatic hydroxyl groups is 1. The summed E-state index contributed by atoms with van der Waals surface area (Å²) in [7, 11) is 0. The minimum atomic E-state index is -1.19. The van der Waals surface area contributed by atoms with Gasteiger partial charge in [0.05, 0.1) is 18.8 Å². The monoisotopic (exact) mass is 670 g/mol. The Hall–Kier alpha value is -3.82. The number of carbonyl (C=O) groups excluding carboxylic acids is 1. The van der Waals surface area contributed by atoms with Crippen LogP contribution < -0.4 is 19.3 Å². The summed E-state index contributed by atoms with van der Waals surface area (Å²) in [6.45, 7) is 12.2. The standard InChI is InChI=1S/C37H46N6O4S/c1-27(45)41-19-21-42(22-20-41)30-11-13-31(14-12-30)47-23-7-9-29-25-38-35(33(26-44)39-29)43-17-15-37(16-18-43)24-28-8-5-6-10-32(28)34(37)40-48(46)36(2,3)4/h5-6,8,10-14,25,34,40,44H,15-24,26H2,1-4H3. The number of piperazine rings is 1. The second-order valence-corrected chi connectivity index (χ2v) is 15.9. The summed E-state index contributed by atoms with van der Waals surface area (Å²) in [5.41, 5.74) is 4.65. The Kier molecular flexibility index (Phi) is 10.2. The van der Waals surface area contributed by atoms with Crippen molar-refractivity contribution in [1.82, 2.24) is 19.6 Å². The molecule has 2 saturated heterocycles. The van der Waals surface area contributed by atoms with E-state index in [-0.39, 0.29) is 35.3 Å². The number of ether oxygens (including phenoxy) is 1. The Labute approximate surface area is 287 Å². The van der Waals surface area contributed by atoms with Crippen LogP contribution in [-0.2, 0) is 29.2 Å². The molecule has 3 heterocycles. The van der Waals surface area contributed by atoms with Crippen molar-refractivity contribution in [3.63, 3.8) is 0 Å². The molecule has 254 valence electrons. The van der Waals surface area contributed by atoms with Gasteiger partial charge in [0.15, 0.2) is 5.82 Å². The van der Waals surface area contributed by atoms with Gasteiger partial charge in [0.25, 0.3) is 0 Å². The number of aliphatic hydroxyl groups excluding tert-OH is 1. The molecule has 2 aromatic carbocycles. The lowest BCUT2D eigenvalue weighted by Crippen LogP contribution is -2.50. The number of fused-ring (bicyclic) bond motifs is 1. The molecule has 2 fully saturated rings. The highest BCUT2D eigenvalue weighted by Crippen LogP contribution is 2.53. The van der Waals surface area contributed by atoms with Crippen LogP contribution >= 0.6 is 0 Å². The fourth-order valence-corrected chi connectivity index (χ4v) is 7.96. The Morgan fingerprint density at radius 2 is 1.77 bits per heavy atom. The molecule has 1 amide bonds. The molecule has 3 aliphatic rings. The normalized spacial score (nSPS) is 19.5. The Balaban J connectivity index is 1.05. The number of hydrogen-bond donors (Lipinski definition) is 2. The van der Waals surface area contributed by atoms with E-state index in [1.54, 1.807) is 13.1 Å². The fourth-order valence-electron chi connectivity index (χ4n) is 7.02. The first-order chi connectivity index (χ1) is 23.1. The summed E-state index contributed by atoms with van der Waals surface area (Å²) in [6.07, 6.45) is 4.43. The van der Waals surface area contributed by atoms with Crippen LogP contribution in [0.5, 0.6) is 5.75 Å². The average molecular weight is 671 g/mol. The van der Waals surface area contributed by atoms with Crippen LogP contribution in [0.15, 0.2) is 54.7 Å². The first-order valence-corrected chi connectivity index (χ1v) is 17.9. The number of nitrogens with one attached hydrogen (secondary N) is 1. The molecule has 11 heteroatoms. The van der Waals surface area contributed by atoms with Crippen LogP contribution in [0, 0.1) is 17.3 Å². The fraction of sp³-hybridized carbons (Fsp3) is 0.486. The second-order valence-electron chi connectivity index (χ2n) is 13.9. The van der Waals surface area contributed by atoms with Crippen LogP contribution in [0.25, 0.3) is 0 Å².